The minimum absolute atomic E-state index is 0.586. The van der Waals surface area contributed by atoms with Crippen LogP contribution in [0.5, 0.6) is 5.75 Å². The minimum Gasteiger partial charge on any atom is -0.493 e. The van der Waals surface area contributed by atoms with E-state index in [0.29, 0.717) is 5.92 Å². The molecular weight excluding hydrogens is 292 g/mol. The van der Waals surface area contributed by atoms with E-state index < -0.39 is 0 Å². The molecule has 0 heterocycles. The maximum Gasteiger partial charge on any atom is 0.119 e. The van der Waals surface area contributed by atoms with Crippen molar-refractivity contribution in [2.45, 2.75) is 78.1 Å². The quantitative estimate of drug-likeness (QED) is 0.576. The summed E-state index contributed by atoms with van der Waals surface area (Å²) in [5.74, 6) is 5.42. The number of hydrogen-bond acceptors (Lipinski definition) is 1. The Hall–Kier alpha value is -0.980. The second kappa shape index (κ2) is 8.41. The average molecular weight is 329 g/mol. The van der Waals surface area contributed by atoms with Gasteiger partial charge in [-0.3, -0.25) is 0 Å². The van der Waals surface area contributed by atoms with Crippen molar-refractivity contribution >= 4 is 0 Å². The zero-order valence-corrected chi connectivity index (χ0v) is 16.0. The highest BCUT2D eigenvalue weighted by molar-refractivity contribution is 5.29. The van der Waals surface area contributed by atoms with Gasteiger partial charge >= 0.3 is 0 Å². The van der Waals surface area contributed by atoms with Crippen molar-refractivity contribution in [2.24, 2.45) is 23.7 Å². The summed E-state index contributed by atoms with van der Waals surface area (Å²) in [6, 6.07) is 8.96. The first-order valence-electron chi connectivity index (χ1n) is 10.3. The van der Waals surface area contributed by atoms with Crippen LogP contribution in [-0.2, 0) is 0 Å². The first-order chi connectivity index (χ1) is 11.6. The second-order valence-corrected chi connectivity index (χ2v) is 8.91. The lowest BCUT2D eigenvalue weighted by molar-refractivity contribution is 0.165. The molecule has 1 aromatic rings. The molecule has 0 spiro atoms. The van der Waals surface area contributed by atoms with Gasteiger partial charge in [-0.25, -0.2) is 0 Å². The van der Waals surface area contributed by atoms with Crippen LogP contribution < -0.4 is 4.74 Å². The Morgan fingerprint density at radius 2 is 1.38 bits per heavy atom. The summed E-state index contributed by atoms with van der Waals surface area (Å²) < 4.78 is 5.81. The maximum atomic E-state index is 5.81. The molecule has 0 unspecified atom stereocenters. The van der Waals surface area contributed by atoms with Crippen LogP contribution >= 0.6 is 0 Å². The Labute approximate surface area is 149 Å². The molecule has 0 saturated heterocycles. The summed E-state index contributed by atoms with van der Waals surface area (Å²) in [6.45, 7) is 7.63. The number of benzene rings is 1. The van der Waals surface area contributed by atoms with E-state index in [1.807, 2.05) is 0 Å². The summed E-state index contributed by atoms with van der Waals surface area (Å²) in [5.41, 5.74) is 1.53. The molecule has 2 aliphatic carbocycles. The first kappa shape index (κ1) is 17.8. The van der Waals surface area contributed by atoms with E-state index in [9.17, 15) is 0 Å². The van der Waals surface area contributed by atoms with Crippen molar-refractivity contribution in [3.8, 4) is 5.75 Å². The van der Waals surface area contributed by atoms with Crippen LogP contribution in [-0.4, -0.2) is 6.61 Å². The average Bonchev–Trinajstić information content (AvgIpc) is 2.61. The predicted octanol–water partition coefficient (Wildman–Crippen LogP) is 6.82. The Balaban J connectivity index is 1.47. The van der Waals surface area contributed by atoms with Crippen molar-refractivity contribution in [2.75, 3.05) is 6.61 Å². The Morgan fingerprint density at radius 3 is 1.92 bits per heavy atom. The molecule has 0 amide bonds. The van der Waals surface area contributed by atoms with E-state index in [2.05, 4.69) is 45.0 Å². The third-order valence-electron chi connectivity index (χ3n) is 6.43. The van der Waals surface area contributed by atoms with Gasteiger partial charge in [-0.05, 0) is 85.8 Å². The van der Waals surface area contributed by atoms with Crippen molar-refractivity contribution in [1.29, 1.82) is 0 Å². The van der Waals surface area contributed by atoms with Crippen LogP contribution in [0.25, 0.3) is 0 Å². The van der Waals surface area contributed by atoms with E-state index in [4.69, 9.17) is 4.74 Å². The Morgan fingerprint density at radius 1 is 0.833 bits per heavy atom. The highest BCUT2D eigenvalue weighted by Crippen LogP contribution is 2.43. The normalized spacial score (nSPS) is 31.2. The van der Waals surface area contributed by atoms with Crippen molar-refractivity contribution in [1.82, 2.24) is 0 Å². The molecule has 1 nitrogen and oxygen atoms in total. The van der Waals surface area contributed by atoms with Gasteiger partial charge < -0.3 is 4.74 Å². The molecule has 1 aromatic carbocycles. The summed E-state index contributed by atoms with van der Waals surface area (Å²) in [7, 11) is 0. The lowest BCUT2D eigenvalue weighted by atomic mass is 9.68. The van der Waals surface area contributed by atoms with E-state index >= 15 is 0 Å². The molecule has 134 valence electrons. The molecule has 2 aliphatic rings. The fraction of sp³-hybridized carbons (Fsp3) is 0.739. The van der Waals surface area contributed by atoms with Gasteiger partial charge in [0, 0.05) is 0 Å². The summed E-state index contributed by atoms with van der Waals surface area (Å²) >= 11 is 0. The smallest absolute Gasteiger partial charge is 0.119 e. The molecule has 0 bridgehead atoms. The fourth-order valence-corrected chi connectivity index (χ4v) is 4.78. The van der Waals surface area contributed by atoms with Crippen LogP contribution in [0, 0.1) is 23.7 Å². The molecule has 24 heavy (non-hydrogen) atoms. The highest BCUT2D eigenvalue weighted by atomic mass is 16.5. The summed E-state index contributed by atoms with van der Waals surface area (Å²) in [6.07, 6.45) is 11.6. The van der Waals surface area contributed by atoms with Crippen LogP contribution in [0.3, 0.4) is 0 Å². The molecule has 0 N–H and O–H groups in total. The van der Waals surface area contributed by atoms with E-state index in [-0.39, 0.29) is 0 Å². The van der Waals surface area contributed by atoms with Gasteiger partial charge in [-0.15, -0.1) is 0 Å². The molecule has 1 heteroatoms. The van der Waals surface area contributed by atoms with Gasteiger partial charge in [0.15, 0.2) is 0 Å². The van der Waals surface area contributed by atoms with Gasteiger partial charge in [0.25, 0.3) is 0 Å². The maximum absolute atomic E-state index is 5.81. The topological polar surface area (TPSA) is 9.23 Å². The molecule has 2 saturated carbocycles. The SMILES string of the molecule is CC(C)COc1ccc(C2CCC(C3CCC(C)CC3)CC2)cc1. The van der Waals surface area contributed by atoms with Crippen molar-refractivity contribution < 1.29 is 4.74 Å². The molecule has 3 rings (SSSR count). The predicted molar refractivity (Wildman–Crippen MR) is 103 cm³/mol. The molecular formula is C23H36O. The summed E-state index contributed by atoms with van der Waals surface area (Å²) in [4.78, 5) is 0. The lowest BCUT2D eigenvalue weighted by Gasteiger charge is -2.37. The number of hydrogen-bond donors (Lipinski definition) is 0. The molecule has 0 aromatic heterocycles. The van der Waals surface area contributed by atoms with Gasteiger partial charge in [0.05, 0.1) is 6.61 Å². The monoisotopic (exact) mass is 328 g/mol. The largest absolute Gasteiger partial charge is 0.493 e. The van der Waals surface area contributed by atoms with Crippen LogP contribution in [0.1, 0.15) is 83.6 Å². The summed E-state index contributed by atoms with van der Waals surface area (Å²) in [5, 5.41) is 0. The molecule has 0 aliphatic heterocycles. The Bertz CT molecular complexity index is 473. The van der Waals surface area contributed by atoms with E-state index in [0.717, 1.165) is 36.0 Å². The van der Waals surface area contributed by atoms with Crippen molar-refractivity contribution in [3.63, 3.8) is 0 Å². The van der Waals surface area contributed by atoms with Gasteiger partial charge in [-0.1, -0.05) is 45.7 Å². The van der Waals surface area contributed by atoms with E-state index in [1.54, 1.807) is 0 Å². The van der Waals surface area contributed by atoms with Gasteiger partial charge in [0.1, 0.15) is 5.75 Å². The Kier molecular flexibility index (Phi) is 6.25. The lowest BCUT2D eigenvalue weighted by Crippen LogP contribution is -2.24. The van der Waals surface area contributed by atoms with Gasteiger partial charge in [-0.2, -0.15) is 0 Å². The number of ether oxygens (including phenoxy) is 1. The fourth-order valence-electron chi connectivity index (χ4n) is 4.78. The number of rotatable bonds is 5. The van der Waals surface area contributed by atoms with E-state index in [1.165, 1.54) is 56.9 Å². The molecule has 0 atom stereocenters. The molecule has 2 fully saturated rings. The standard InChI is InChI=1S/C23H36O/c1-17(2)16-24-23-14-12-22(13-15-23)21-10-8-20(9-11-21)19-6-4-18(3)5-7-19/h12-15,17-21H,4-11,16H2,1-3H3. The first-order valence-corrected chi connectivity index (χ1v) is 10.3. The van der Waals surface area contributed by atoms with Crippen LogP contribution in [0.15, 0.2) is 24.3 Å². The second-order valence-electron chi connectivity index (χ2n) is 8.91. The van der Waals surface area contributed by atoms with Crippen molar-refractivity contribution in [3.05, 3.63) is 29.8 Å². The van der Waals surface area contributed by atoms with Gasteiger partial charge in [0.2, 0.25) is 0 Å². The minimum atomic E-state index is 0.586. The highest BCUT2D eigenvalue weighted by Gasteiger charge is 2.30. The zero-order chi connectivity index (χ0) is 16.9. The third kappa shape index (κ3) is 4.77. The zero-order valence-electron chi connectivity index (χ0n) is 16.0. The van der Waals surface area contributed by atoms with Crippen LogP contribution in [0.4, 0.5) is 0 Å². The van der Waals surface area contributed by atoms with Crippen LogP contribution in [0.2, 0.25) is 0 Å². The molecule has 0 radical (unpaired) electrons. The third-order valence-corrected chi connectivity index (χ3v) is 6.43.